The van der Waals surface area contributed by atoms with Gasteiger partial charge in [0.05, 0.1) is 5.52 Å². The number of nitrogens with zero attached hydrogens (tertiary/aromatic N) is 2. The van der Waals surface area contributed by atoms with E-state index in [2.05, 4.69) is 18.8 Å². The normalized spacial score (nSPS) is 22.4. The van der Waals surface area contributed by atoms with Crippen molar-refractivity contribution in [2.24, 2.45) is 5.92 Å². The van der Waals surface area contributed by atoms with Crippen LogP contribution in [0, 0.1) is 5.92 Å². The minimum Gasteiger partial charge on any atom is -0.398 e. The number of amides is 1. The molecule has 4 heteroatoms. The molecule has 2 N–H and O–H groups in total. The molecule has 1 aromatic carbocycles. The third kappa shape index (κ3) is 2.11. The summed E-state index contributed by atoms with van der Waals surface area (Å²) >= 11 is 0. The van der Waals surface area contributed by atoms with Gasteiger partial charge in [0.1, 0.15) is 5.69 Å². The van der Waals surface area contributed by atoms with Gasteiger partial charge in [-0.1, -0.05) is 25.1 Å². The third-order valence-electron chi connectivity index (χ3n) is 4.01. The number of hydrogen-bond donors (Lipinski definition) is 1. The minimum absolute atomic E-state index is 0.0145. The fraction of sp³-hybridized carbons (Fsp3) is 0.375. The first kappa shape index (κ1) is 12.9. The number of fused-ring (bicyclic) bond motifs is 1. The predicted molar refractivity (Wildman–Crippen MR) is 80.4 cm³/mol. The SMILES string of the molecule is CC1CC(C)N(C(=O)c2cc(N)c3ccccc3n2)C1. The molecule has 0 aliphatic carbocycles. The van der Waals surface area contributed by atoms with E-state index >= 15 is 0 Å². The Labute approximate surface area is 118 Å². The zero-order valence-electron chi connectivity index (χ0n) is 11.8. The van der Waals surface area contributed by atoms with Crippen LogP contribution in [0.4, 0.5) is 5.69 Å². The van der Waals surface area contributed by atoms with E-state index in [0.29, 0.717) is 17.3 Å². The molecule has 4 nitrogen and oxygen atoms in total. The topological polar surface area (TPSA) is 59.2 Å². The number of likely N-dealkylation sites (tertiary alicyclic amines) is 1. The van der Waals surface area contributed by atoms with Crippen molar-refractivity contribution in [1.29, 1.82) is 0 Å². The van der Waals surface area contributed by atoms with Gasteiger partial charge < -0.3 is 10.6 Å². The quantitative estimate of drug-likeness (QED) is 0.866. The molecule has 0 spiro atoms. The first-order chi connectivity index (χ1) is 9.56. The minimum atomic E-state index is -0.0145. The van der Waals surface area contributed by atoms with Crippen molar-refractivity contribution in [2.75, 3.05) is 12.3 Å². The van der Waals surface area contributed by atoms with Crippen molar-refractivity contribution >= 4 is 22.5 Å². The molecule has 20 heavy (non-hydrogen) atoms. The van der Waals surface area contributed by atoms with Crippen LogP contribution >= 0.6 is 0 Å². The lowest BCUT2D eigenvalue weighted by atomic mass is 10.1. The predicted octanol–water partition coefficient (Wildman–Crippen LogP) is 2.69. The molecule has 104 valence electrons. The van der Waals surface area contributed by atoms with Crippen LogP contribution in [-0.4, -0.2) is 28.4 Å². The zero-order valence-corrected chi connectivity index (χ0v) is 11.8. The van der Waals surface area contributed by atoms with E-state index in [1.165, 1.54) is 0 Å². The Morgan fingerprint density at radius 3 is 2.80 bits per heavy atom. The molecule has 1 aromatic heterocycles. The summed E-state index contributed by atoms with van der Waals surface area (Å²) in [6.45, 7) is 5.06. The maximum Gasteiger partial charge on any atom is 0.272 e. The lowest BCUT2D eigenvalue weighted by molar-refractivity contribution is 0.0738. The summed E-state index contributed by atoms with van der Waals surface area (Å²) in [4.78, 5) is 19.0. The van der Waals surface area contributed by atoms with Gasteiger partial charge in [-0.15, -0.1) is 0 Å². The molecule has 2 heterocycles. The molecule has 2 atom stereocenters. The molecule has 1 fully saturated rings. The van der Waals surface area contributed by atoms with Gasteiger partial charge in [0.2, 0.25) is 0 Å². The molecule has 0 saturated carbocycles. The Kier molecular flexibility index (Phi) is 3.08. The number of anilines is 1. The highest BCUT2D eigenvalue weighted by Crippen LogP contribution is 2.26. The second-order valence-corrected chi connectivity index (χ2v) is 5.76. The van der Waals surface area contributed by atoms with E-state index in [1.807, 2.05) is 29.2 Å². The molecule has 3 rings (SSSR count). The number of rotatable bonds is 1. The number of aromatic nitrogens is 1. The summed E-state index contributed by atoms with van der Waals surface area (Å²) < 4.78 is 0. The second-order valence-electron chi connectivity index (χ2n) is 5.76. The molecule has 1 amide bonds. The van der Waals surface area contributed by atoms with Crippen LogP contribution in [-0.2, 0) is 0 Å². The summed E-state index contributed by atoms with van der Waals surface area (Å²) in [5.41, 5.74) is 7.88. The van der Waals surface area contributed by atoms with Gasteiger partial charge in [0, 0.05) is 23.7 Å². The maximum absolute atomic E-state index is 12.6. The lowest BCUT2D eigenvalue weighted by Crippen LogP contribution is -2.34. The highest BCUT2D eigenvalue weighted by molar-refractivity contribution is 5.99. The van der Waals surface area contributed by atoms with Crippen molar-refractivity contribution < 1.29 is 4.79 Å². The summed E-state index contributed by atoms with van der Waals surface area (Å²) in [5, 5.41) is 0.895. The van der Waals surface area contributed by atoms with Gasteiger partial charge in [-0.2, -0.15) is 0 Å². The maximum atomic E-state index is 12.6. The van der Waals surface area contributed by atoms with Gasteiger partial charge in [0.15, 0.2) is 0 Å². The van der Waals surface area contributed by atoms with Crippen LogP contribution in [0.2, 0.25) is 0 Å². The zero-order chi connectivity index (χ0) is 14.3. The molecule has 1 aliphatic heterocycles. The number of benzene rings is 1. The number of carbonyl (C=O) groups is 1. The third-order valence-corrected chi connectivity index (χ3v) is 4.01. The Balaban J connectivity index is 2.00. The number of carbonyl (C=O) groups excluding carboxylic acids is 1. The summed E-state index contributed by atoms with van der Waals surface area (Å²) in [5.74, 6) is 0.533. The average Bonchev–Trinajstić information content (AvgIpc) is 2.77. The Morgan fingerprint density at radius 1 is 1.35 bits per heavy atom. The van der Waals surface area contributed by atoms with Gasteiger partial charge in [-0.05, 0) is 31.4 Å². The van der Waals surface area contributed by atoms with Crippen molar-refractivity contribution in [3.05, 3.63) is 36.0 Å². The molecule has 2 aromatic rings. The van der Waals surface area contributed by atoms with E-state index in [4.69, 9.17) is 5.73 Å². The summed E-state index contributed by atoms with van der Waals surface area (Å²) in [7, 11) is 0. The van der Waals surface area contributed by atoms with Crippen LogP contribution in [0.3, 0.4) is 0 Å². The Hall–Kier alpha value is -2.10. The lowest BCUT2D eigenvalue weighted by Gasteiger charge is -2.21. The van der Waals surface area contributed by atoms with Gasteiger partial charge in [-0.25, -0.2) is 4.98 Å². The molecule has 1 saturated heterocycles. The fourth-order valence-corrected chi connectivity index (χ4v) is 3.04. The molecule has 0 bridgehead atoms. The number of hydrogen-bond acceptors (Lipinski definition) is 3. The van der Waals surface area contributed by atoms with Gasteiger partial charge in [-0.3, -0.25) is 4.79 Å². The number of nitrogens with two attached hydrogens (primary N) is 1. The first-order valence-corrected chi connectivity index (χ1v) is 7.02. The average molecular weight is 269 g/mol. The van der Waals surface area contributed by atoms with Crippen molar-refractivity contribution in [2.45, 2.75) is 26.3 Å². The monoisotopic (exact) mass is 269 g/mol. The second kappa shape index (κ2) is 4.78. The largest absolute Gasteiger partial charge is 0.398 e. The molecule has 0 radical (unpaired) electrons. The van der Waals surface area contributed by atoms with E-state index in [-0.39, 0.29) is 11.9 Å². The highest BCUT2D eigenvalue weighted by atomic mass is 16.2. The van der Waals surface area contributed by atoms with Crippen LogP contribution < -0.4 is 5.73 Å². The van der Waals surface area contributed by atoms with Crippen LogP contribution in [0.15, 0.2) is 30.3 Å². The van der Waals surface area contributed by atoms with E-state index in [0.717, 1.165) is 23.9 Å². The van der Waals surface area contributed by atoms with Crippen LogP contribution in [0.25, 0.3) is 10.9 Å². The van der Waals surface area contributed by atoms with Crippen molar-refractivity contribution in [3.8, 4) is 0 Å². The smallest absolute Gasteiger partial charge is 0.272 e. The number of para-hydroxylation sites is 1. The van der Waals surface area contributed by atoms with Crippen LogP contribution in [0.1, 0.15) is 30.8 Å². The van der Waals surface area contributed by atoms with Gasteiger partial charge >= 0.3 is 0 Å². The van der Waals surface area contributed by atoms with E-state index < -0.39 is 0 Å². The fourth-order valence-electron chi connectivity index (χ4n) is 3.04. The Bertz CT molecular complexity index is 668. The molecule has 1 aliphatic rings. The highest BCUT2D eigenvalue weighted by Gasteiger charge is 2.31. The van der Waals surface area contributed by atoms with Crippen molar-refractivity contribution in [1.82, 2.24) is 9.88 Å². The van der Waals surface area contributed by atoms with Gasteiger partial charge in [0.25, 0.3) is 5.91 Å². The summed E-state index contributed by atoms with van der Waals surface area (Å²) in [6.07, 6.45) is 1.05. The van der Waals surface area contributed by atoms with E-state index in [9.17, 15) is 4.79 Å². The van der Waals surface area contributed by atoms with Crippen molar-refractivity contribution in [3.63, 3.8) is 0 Å². The standard InChI is InChI=1S/C16H19N3O/c1-10-7-11(2)19(9-10)16(20)15-8-13(17)12-5-3-4-6-14(12)18-15/h3-6,8,10-11H,7,9H2,1-2H3,(H2,17,18). The Morgan fingerprint density at radius 2 is 2.10 bits per heavy atom. The van der Waals surface area contributed by atoms with E-state index in [1.54, 1.807) is 6.07 Å². The molecule has 2 unspecified atom stereocenters. The molecular formula is C16H19N3O. The van der Waals surface area contributed by atoms with Crippen LogP contribution in [0.5, 0.6) is 0 Å². The number of pyridine rings is 1. The molecular weight excluding hydrogens is 250 g/mol. The summed E-state index contributed by atoms with van der Waals surface area (Å²) in [6, 6.07) is 9.60. The first-order valence-electron chi connectivity index (χ1n) is 7.02. The number of nitrogen functional groups attached to an aromatic ring is 1.